The standard InChI is InChI=1S/C14H13BrN2O3S/c1-9-12(15)7-8-13(16-9)17-14(18)10-3-5-11(6-4-10)21(2,19)20/h3-8H,1-2H3,(H,16,17,18). The van der Waals surface area contributed by atoms with Crippen molar-refractivity contribution >= 4 is 37.5 Å². The second kappa shape index (κ2) is 5.95. The number of hydrogen-bond donors (Lipinski definition) is 1. The molecule has 0 bridgehead atoms. The molecular formula is C14H13BrN2O3S. The lowest BCUT2D eigenvalue weighted by Gasteiger charge is -2.06. The summed E-state index contributed by atoms with van der Waals surface area (Å²) in [6, 6.07) is 9.23. The molecule has 0 aliphatic carbocycles. The van der Waals surface area contributed by atoms with Crippen molar-refractivity contribution < 1.29 is 13.2 Å². The van der Waals surface area contributed by atoms with Gasteiger partial charge >= 0.3 is 0 Å². The van der Waals surface area contributed by atoms with E-state index in [2.05, 4.69) is 26.2 Å². The molecule has 5 nitrogen and oxygen atoms in total. The van der Waals surface area contributed by atoms with Gasteiger partial charge in [0.05, 0.1) is 10.6 Å². The zero-order valence-corrected chi connectivity index (χ0v) is 13.8. The van der Waals surface area contributed by atoms with Gasteiger partial charge in [-0.2, -0.15) is 0 Å². The predicted molar refractivity (Wildman–Crippen MR) is 84.2 cm³/mol. The third-order valence-electron chi connectivity index (χ3n) is 2.81. The van der Waals surface area contributed by atoms with E-state index in [1.165, 1.54) is 24.3 Å². The van der Waals surface area contributed by atoms with Gasteiger partial charge < -0.3 is 5.32 Å². The lowest BCUT2D eigenvalue weighted by Crippen LogP contribution is -2.13. The fourth-order valence-electron chi connectivity index (χ4n) is 1.66. The molecule has 110 valence electrons. The van der Waals surface area contributed by atoms with E-state index >= 15 is 0 Å². The number of pyridine rings is 1. The molecule has 0 saturated heterocycles. The molecule has 1 heterocycles. The number of rotatable bonds is 3. The Kier molecular flexibility index (Phi) is 4.43. The molecule has 0 radical (unpaired) electrons. The maximum Gasteiger partial charge on any atom is 0.256 e. The normalized spacial score (nSPS) is 11.2. The number of benzene rings is 1. The van der Waals surface area contributed by atoms with Gasteiger partial charge in [-0.25, -0.2) is 13.4 Å². The Hall–Kier alpha value is -1.73. The number of aromatic nitrogens is 1. The van der Waals surface area contributed by atoms with Gasteiger partial charge in [0.15, 0.2) is 9.84 Å². The number of nitrogens with zero attached hydrogens (tertiary/aromatic N) is 1. The molecule has 21 heavy (non-hydrogen) atoms. The van der Waals surface area contributed by atoms with Gasteiger partial charge in [0, 0.05) is 16.3 Å². The van der Waals surface area contributed by atoms with Gasteiger partial charge in [0.1, 0.15) is 5.82 Å². The third-order valence-corrected chi connectivity index (χ3v) is 4.77. The van der Waals surface area contributed by atoms with Crippen LogP contribution in [-0.4, -0.2) is 25.6 Å². The smallest absolute Gasteiger partial charge is 0.256 e. The summed E-state index contributed by atoms with van der Waals surface area (Å²) >= 11 is 3.33. The van der Waals surface area contributed by atoms with Gasteiger partial charge in [0.25, 0.3) is 5.91 Å². The van der Waals surface area contributed by atoms with Crippen LogP contribution >= 0.6 is 15.9 Å². The van der Waals surface area contributed by atoms with E-state index in [0.29, 0.717) is 11.4 Å². The fourth-order valence-corrected chi connectivity index (χ4v) is 2.51. The second-order valence-electron chi connectivity index (χ2n) is 4.51. The summed E-state index contributed by atoms with van der Waals surface area (Å²) in [5.74, 6) is 0.0946. The maximum atomic E-state index is 12.1. The molecule has 0 fully saturated rings. The molecule has 0 aliphatic heterocycles. The van der Waals surface area contributed by atoms with Crippen molar-refractivity contribution in [1.29, 1.82) is 0 Å². The van der Waals surface area contributed by atoms with Crippen molar-refractivity contribution in [3.8, 4) is 0 Å². The number of amides is 1. The lowest BCUT2D eigenvalue weighted by atomic mass is 10.2. The summed E-state index contributed by atoms with van der Waals surface area (Å²) in [7, 11) is -3.26. The van der Waals surface area contributed by atoms with Crippen molar-refractivity contribution in [3.05, 3.63) is 52.1 Å². The van der Waals surface area contributed by atoms with Crippen LogP contribution in [0.3, 0.4) is 0 Å². The molecule has 1 N–H and O–H groups in total. The number of sulfone groups is 1. The van der Waals surface area contributed by atoms with Crippen LogP contribution in [0.15, 0.2) is 45.8 Å². The quantitative estimate of drug-likeness (QED) is 0.903. The Bertz CT molecular complexity index is 786. The topological polar surface area (TPSA) is 76.1 Å². The minimum atomic E-state index is -3.26. The van der Waals surface area contributed by atoms with Crippen molar-refractivity contribution in [3.63, 3.8) is 0 Å². The van der Waals surface area contributed by atoms with Crippen LogP contribution < -0.4 is 5.32 Å². The molecule has 1 amide bonds. The van der Waals surface area contributed by atoms with Crippen LogP contribution in [-0.2, 0) is 9.84 Å². The third kappa shape index (κ3) is 3.89. The Morgan fingerprint density at radius 3 is 2.29 bits per heavy atom. The minimum Gasteiger partial charge on any atom is -0.307 e. The molecular weight excluding hydrogens is 356 g/mol. The Morgan fingerprint density at radius 2 is 1.76 bits per heavy atom. The number of aryl methyl sites for hydroxylation is 1. The average Bonchev–Trinajstić information content (AvgIpc) is 2.42. The molecule has 2 aromatic rings. The van der Waals surface area contributed by atoms with Gasteiger partial charge in [-0.3, -0.25) is 4.79 Å². The van der Waals surface area contributed by atoms with E-state index in [4.69, 9.17) is 0 Å². The number of carbonyl (C=O) groups is 1. The van der Waals surface area contributed by atoms with Crippen molar-refractivity contribution in [2.45, 2.75) is 11.8 Å². The van der Waals surface area contributed by atoms with Crippen molar-refractivity contribution in [2.75, 3.05) is 11.6 Å². The summed E-state index contributed by atoms with van der Waals surface area (Å²) < 4.78 is 23.6. The van der Waals surface area contributed by atoms with Crippen LogP contribution in [0.25, 0.3) is 0 Å². The van der Waals surface area contributed by atoms with Crippen molar-refractivity contribution in [1.82, 2.24) is 4.98 Å². The predicted octanol–water partition coefficient (Wildman–Crippen LogP) is 2.81. The molecule has 7 heteroatoms. The minimum absolute atomic E-state index is 0.177. The first-order valence-corrected chi connectivity index (χ1v) is 8.70. The highest BCUT2D eigenvalue weighted by Gasteiger charge is 2.11. The zero-order valence-electron chi connectivity index (χ0n) is 11.4. The van der Waals surface area contributed by atoms with E-state index < -0.39 is 9.84 Å². The number of carbonyl (C=O) groups excluding carboxylic acids is 1. The van der Waals surface area contributed by atoms with Gasteiger partial charge in [-0.1, -0.05) is 0 Å². The molecule has 0 spiro atoms. The first kappa shape index (κ1) is 15.7. The number of halogens is 1. The van der Waals surface area contributed by atoms with Crippen LogP contribution in [0.1, 0.15) is 16.1 Å². The Morgan fingerprint density at radius 1 is 1.14 bits per heavy atom. The molecule has 0 atom stereocenters. The van der Waals surface area contributed by atoms with Crippen LogP contribution in [0.4, 0.5) is 5.82 Å². The zero-order chi connectivity index (χ0) is 15.6. The van der Waals surface area contributed by atoms with Crippen LogP contribution in [0.2, 0.25) is 0 Å². The highest BCUT2D eigenvalue weighted by atomic mass is 79.9. The van der Waals surface area contributed by atoms with E-state index in [9.17, 15) is 13.2 Å². The highest BCUT2D eigenvalue weighted by Crippen LogP contribution is 2.17. The number of hydrogen-bond acceptors (Lipinski definition) is 4. The van der Waals surface area contributed by atoms with E-state index in [1.807, 2.05) is 6.92 Å². The van der Waals surface area contributed by atoms with E-state index in [-0.39, 0.29) is 10.8 Å². The number of nitrogens with one attached hydrogen (secondary N) is 1. The Balaban J connectivity index is 2.18. The summed E-state index contributed by atoms with van der Waals surface area (Å²) in [5, 5.41) is 2.66. The molecule has 0 saturated carbocycles. The molecule has 1 aromatic heterocycles. The van der Waals surface area contributed by atoms with Crippen LogP contribution in [0.5, 0.6) is 0 Å². The highest BCUT2D eigenvalue weighted by molar-refractivity contribution is 9.10. The molecule has 0 aliphatic rings. The van der Waals surface area contributed by atoms with Crippen molar-refractivity contribution in [2.24, 2.45) is 0 Å². The number of anilines is 1. The summed E-state index contributed by atoms with van der Waals surface area (Å²) in [4.78, 5) is 16.5. The van der Waals surface area contributed by atoms with Gasteiger partial charge in [-0.05, 0) is 59.3 Å². The summed E-state index contributed by atoms with van der Waals surface area (Å²) in [5.41, 5.74) is 1.13. The Labute approximate surface area is 131 Å². The average molecular weight is 369 g/mol. The van der Waals surface area contributed by atoms with E-state index in [0.717, 1.165) is 16.4 Å². The largest absolute Gasteiger partial charge is 0.307 e. The first-order valence-electron chi connectivity index (χ1n) is 6.02. The molecule has 0 unspecified atom stereocenters. The molecule has 1 aromatic carbocycles. The summed E-state index contributed by atoms with van der Waals surface area (Å²) in [6.07, 6.45) is 1.12. The first-order chi connectivity index (χ1) is 9.77. The fraction of sp³-hybridized carbons (Fsp3) is 0.143. The maximum absolute atomic E-state index is 12.1. The van der Waals surface area contributed by atoms with E-state index in [1.54, 1.807) is 12.1 Å². The summed E-state index contributed by atoms with van der Waals surface area (Å²) in [6.45, 7) is 1.82. The SMILES string of the molecule is Cc1nc(NC(=O)c2ccc(S(C)(=O)=O)cc2)ccc1Br. The van der Waals surface area contributed by atoms with Gasteiger partial charge in [0.2, 0.25) is 0 Å². The van der Waals surface area contributed by atoms with Gasteiger partial charge in [-0.15, -0.1) is 0 Å². The monoisotopic (exact) mass is 368 g/mol. The second-order valence-corrected chi connectivity index (χ2v) is 7.38. The molecule has 2 rings (SSSR count). The van der Waals surface area contributed by atoms with Crippen LogP contribution in [0, 0.1) is 6.92 Å². The lowest BCUT2D eigenvalue weighted by molar-refractivity contribution is 0.102.